The van der Waals surface area contributed by atoms with Crippen molar-refractivity contribution in [1.82, 2.24) is 5.32 Å². The molecule has 1 N–H and O–H groups in total. The van der Waals surface area contributed by atoms with E-state index in [1.54, 1.807) is 24.3 Å². The van der Waals surface area contributed by atoms with Crippen molar-refractivity contribution in [3.05, 3.63) is 59.1 Å². The molecule has 0 saturated carbocycles. The predicted molar refractivity (Wildman–Crippen MR) is 92.8 cm³/mol. The zero-order valence-electron chi connectivity index (χ0n) is 13.2. The molecule has 6 heteroatoms. The number of methoxy groups -OCH3 is 1. The van der Waals surface area contributed by atoms with Crippen molar-refractivity contribution in [2.75, 3.05) is 18.6 Å². The van der Waals surface area contributed by atoms with Gasteiger partial charge < -0.3 is 15.0 Å². The largest absolute Gasteiger partial charge is 0.465 e. The summed E-state index contributed by atoms with van der Waals surface area (Å²) in [5.41, 5.74) is 2.16. The number of hydrogen-bond acceptors (Lipinski definition) is 4. The van der Waals surface area contributed by atoms with E-state index in [-0.39, 0.29) is 11.9 Å². The molecule has 1 aliphatic rings. The van der Waals surface area contributed by atoms with Crippen LogP contribution in [0.4, 0.5) is 11.4 Å². The van der Waals surface area contributed by atoms with Crippen LogP contribution in [0.15, 0.2) is 48.5 Å². The van der Waals surface area contributed by atoms with Crippen LogP contribution in [0.2, 0.25) is 5.02 Å². The van der Waals surface area contributed by atoms with Crippen LogP contribution in [0, 0.1) is 0 Å². The summed E-state index contributed by atoms with van der Waals surface area (Å²) in [5.74, 6) is -0.403. The topological polar surface area (TPSA) is 58.6 Å². The lowest BCUT2D eigenvalue weighted by Crippen LogP contribution is -2.37. The smallest absolute Gasteiger partial charge is 0.337 e. The number of nitrogens with zero attached hydrogens (tertiary/aromatic N) is 1. The lowest BCUT2D eigenvalue weighted by atomic mass is 10.1. The van der Waals surface area contributed by atoms with Gasteiger partial charge in [-0.15, -0.1) is 0 Å². The van der Waals surface area contributed by atoms with Gasteiger partial charge >= 0.3 is 5.97 Å². The van der Waals surface area contributed by atoms with Gasteiger partial charge in [-0.25, -0.2) is 4.79 Å². The van der Waals surface area contributed by atoms with Crippen LogP contribution in [-0.4, -0.2) is 31.6 Å². The first-order valence-corrected chi connectivity index (χ1v) is 7.99. The van der Waals surface area contributed by atoms with E-state index in [0.717, 1.165) is 11.4 Å². The molecule has 0 aliphatic carbocycles. The van der Waals surface area contributed by atoms with Crippen molar-refractivity contribution in [2.24, 2.45) is 0 Å². The summed E-state index contributed by atoms with van der Waals surface area (Å²) >= 11 is 5.97. The van der Waals surface area contributed by atoms with Crippen molar-refractivity contribution in [3.8, 4) is 0 Å². The first-order chi connectivity index (χ1) is 11.6. The van der Waals surface area contributed by atoms with Gasteiger partial charge in [0.2, 0.25) is 5.91 Å². The average Bonchev–Trinajstić information content (AvgIpc) is 3.02. The molecule has 1 atom stereocenters. The first-order valence-electron chi connectivity index (χ1n) is 7.61. The van der Waals surface area contributed by atoms with Crippen LogP contribution >= 0.6 is 11.6 Å². The van der Waals surface area contributed by atoms with E-state index in [4.69, 9.17) is 16.3 Å². The Kier molecular flexibility index (Phi) is 4.71. The normalized spacial score (nSPS) is 16.6. The van der Waals surface area contributed by atoms with Gasteiger partial charge in [0, 0.05) is 22.9 Å². The van der Waals surface area contributed by atoms with Crippen LogP contribution in [0.3, 0.4) is 0 Å². The van der Waals surface area contributed by atoms with Gasteiger partial charge in [0.25, 0.3) is 0 Å². The zero-order chi connectivity index (χ0) is 17.1. The van der Waals surface area contributed by atoms with Crippen LogP contribution in [0.1, 0.15) is 16.8 Å². The molecule has 3 rings (SSSR count). The monoisotopic (exact) mass is 344 g/mol. The second-order valence-corrected chi connectivity index (χ2v) is 5.92. The fraction of sp³-hybridized carbons (Fsp3) is 0.222. The summed E-state index contributed by atoms with van der Waals surface area (Å²) in [6, 6.07) is 14.0. The van der Waals surface area contributed by atoms with Crippen molar-refractivity contribution in [3.63, 3.8) is 0 Å². The molecule has 5 nitrogen and oxygen atoms in total. The third-order valence-corrected chi connectivity index (χ3v) is 4.25. The van der Waals surface area contributed by atoms with E-state index in [2.05, 4.69) is 5.32 Å². The molecule has 124 valence electrons. The van der Waals surface area contributed by atoms with E-state index in [0.29, 0.717) is 23.6 Å². The van der Waals surface area contributed by atoms with Crippen LogP contribution < -0.4 is 10.2 Å². The molecule has 0 spiro atoms. The number of amides is 1. The molecule has 0 radical (unpaired) electrons. The Balaban J connectivity index is 1.99. The number of carbonyl (C=O) groups excluding carboxylic acids is 2. The number of benzene rings is 2. The maximum absolute atomic E-state index is 12.2. The van der Waals surface area contributed by atoms with Gasteiger partial charge in [0.1, 0.15) is 6.04 Å². The van der Waals surface area contributed by atoms with Crippen LogP contribution in [-0.2, 0) is 9.53 Å². The molecule has 1 fully saturated rings. The van der Waals surface area contributed by atoms with Gasteiger partial charge in [-0.1, -0.05) is 11.6 Å². The standard InChI is InChI=1S/C18H17ClN2O3/c1-24-18(23)12-2-6-14(7-3-12)21(16-10-11-20-17(16)22)15-8-4-13(19)5-9-15/h2-9,16H,10-11H2,1H3,(H,20,22). The third kappa shape index (κ3) is 3.21. The van der Waals surface area contributed by atoms with Crippen LogP contribution in [0.5, 0.6) is 0 Å². The molecule has 1 amide bonds. The molecule has 1 unspecified atom stereocenters. The van der Waals surface area contributed by atoms with Gasteiger partial charge in [-0.2, -0.15) is 0 Å². The summed E-state index contributed by atoms with van der Waals surface area (Å²) in [6.07, 6.45) is 0.709. The van der Waals surface area contributed by atoms with E-state index in [1.807, 2.05) is 29.2 Å². The van der Waals surface area contributed by atoms with E-state index in [9.17, 15) is 9.59 Å². The molecule has 1 heterocycles. The summed E-state index contributed by atoms with van der Waals surface area (Å²) in [5, 5.41) is 3.49. The van der Waals surface area contributed by atoms with Crippen LogP contribution in [0.25, 0.3) is 0 Å². The van der Waals surface area contributed by atoms with Crippen molar-refractivity contribution in [1.29, 1.82) is 0 Å². The number of carbonyl (C=O) groups is 2. The van der Waals surface area contributed by atoms with E-state index in [1.165, 1.54) is 7.11 Å². The Morgan fingerprint density at radius 3 is 2.21 bits per heavy atom. The Morgan fingerprint density at radius 2 is 1.71 bits per heavy atom. The zero-order valence-corrected chi connectivity index (χ0v) is 13.9. The number of halogens is 1. The molecular formula is C18H17ClN2O3. The predicted octanol–water partition coefficient (Wildman–Crippen LogP) is 3.15. The minimum Gasteiger partial charge on any atom is -0.465 e. The number of ether oxygens (including phenoxy) is 1. The second kappa shape index (κ2) is 6.93. The third-order valence-electron chi connectivity index (χ3n) is 4.00. The van der Waals surface area contributed by atoms with Crippen molar-refractivity contribution < 1.29 is 14.3 Å². The number of anilines is 2. The molecule has 2 aromatic rings. The van der Waals surface area contributed by atoms with Gasteiger partial charge in [-0.05, 0) is 55.0 Å². The molecule has 2 aromatic carbocycles. The Morgan fingerprint density at radius 1 is 1.12 bits per heavy atom. The minimum atomic E-state index is -0.391. The average molecular weight is 345 g/mol. The lowest BCUT2D eigenvalue weighted by molar-refractivity contribution is -0.120. The Bertz CT molecular complexity index is 744. The van der Waals surface area contributed by atoms with Gasteiger partial charge in [0.05, 0.1) is 12.7 Å². The summed E-state index contributed by atoms with van der Waals surface area (Å²) in [7, 11) is 1.35. The molecule has 1 saturated heterocycles. The fourth-order valence-corrected chi connectivity index (χ4v) is 2.94. The summed E-state index contributed by atoms with van der Waals surface area (Å²) in [4.78, 5) is 25.8. The molecule has 0 aromatic heterocycles. The first kappa shape index (κ1) is 16.3. The van der Waals surface area contributed by atoms with Crippen molar-refractivity contribution >= 4 is 34.9 Å². The highest BCUT2D eigenvalue weighted by Gasteiger charge is 2.31. The highest BCUT2D eigenvalue weighted by atomic mass is 35.5. The number of esters is 1. The molecule has 24 heavy (non-hydrogen) atoms. The number of nitrogens with one attached hydrogen (secondary N) is 1. The number of rotatable bonds is 4. The Hall–Kier alpha value is -2.53. The quantitative estimate of drug-likeness (QED) is 0.866. The lowest BCUT2D eigenvalue weighted by Gasteiger charge is -2.29. The maximum Gasteiger partial charge on any atom is 0.337 e. The molecule has 0 bridgehead atoms. The second-order valence-electron chi connectivity index (χ2n) is 5.48. The Labute approximate surface area is 145 Å². The summed E-state index contributed by atoms with van der Waals surface area (Å²) < 4.78 is 4.72. The maximum atomic E-state index is 12.2. The van der Waals surface area contributed by atoms with Gasteiger partial charge in [-0.3, -0.25) is 4.79 Å². The van der Waals surface area contributed by atoms with Gasteiger partial charge in [0.15, 0.2) is 0 Å². The van der Waals surface area contributed by atoms with Crippen molar-refractivity contribution in [2.45, 2.75) is 12.5 Å². The highest BCUT2D eigenvalue weighted by Crippen LogP contribution is 2.31. The minimum absolute atomic E-state index is 0.0120. The summed E-state index contributed by atoms with van der Waals surface area (Å²) in [6.45, 7) is 0.647. The number of hydrogen-bond donors (Lipinski definition) is 1. The highest BCUT2D eigenvalue weighted by molar-refractivity contribution is 6.30. The van der Waals surface area contributed by atoms with E-state index >= 15 is 0 Å². The fourth-order valence-electron chi connectivity index (χ4n) is 2.81. The van der Waals surface area contributed by atoms with E-state index < -0.39 is 5.97 Å². The molecule has 1 aliphatic heterocycles. The SMILES string of the molecule is COC(=O)c1ccc(N(c2ccc(Cl)cc2)C2CCNC2=O)cc1. The molecular weight excluding hydrogens is 328 g/mol.